The smallest absolute Gasteiger partial charge is 0.137 e. The molecular formula is C55H48N4. The van der Waals surface area contributed by atoms with Crippen LogP contribution >= 0.6 is 0 Å². The average molecular weight is 765 g/mol. The molecule has 0 bridgehead atoms. The van der Waals surface area contributed by atoms with Gasteiger partial charge in [-0.15, -0.1) is 0 Å². The van der Waals surface area contributed by atoms with Gasteiger partial charge >= 0.3 is 0 Å². The summed E-state index contributed by atoms with van der Waals surface area (Å²) in [4.78, 5) is 11.5. The molecule has 10 aromatic rings. The largest absolute Gasteiger partial charge is 0.294 e. The second kappa shape index (κ2) is 13.7. The summed E-state index contributed by atoms with van der Waals surface area (Å²) < 4.78 is 4.62. The lowest BCUT2D eigenvalue weighted by molar-refractivity contribution is 0.587. The van der Waals surface area contributed by atoms with Gasteiger partial charge in [-0.2, -0.15) is 0 Å². The van der Waals surface area contributed by atoms with Crippen LogP contribution < -0.4 is 0 Å². The molecule has 4 aromatic heterocycles. The molecule has 0 fully saturated rings. The zero-order chi connectivity index (χ0) is 40.5. The van der Waals surface area contributed by atoms with Gasteiger partial charge in [-0.25, -0.2) is 9.97 Å². The van der Waals surface area contributed by atoms with Crippen molar-refractivity contribution in [3.8, 4) is 11.6 Å². The Morgan fingerprint density at radius 3 is 0.898 bits per heavy atom. The van der Waals surface area contributed by atoms with Gasteiger partial charge in [0.25, 0.3) is 0 Å². The molecule has 0 amide bonds. The molecule has 0 atom stereocenters. The van der Waals surface area contributed by atoms with Crippen LogP contribution in [0.25, 0.3) is 55.2 Å². The topological polar surface area (TPSA) is 35.6 Å². The summed E-state index contributed by atoms with van der Waals surface area (Å²) in [6, 6.07) is 66.0. The Bertz CT molecular complexity index is 2840. The number of aromatic nitrogens is 4. The van der Waals surface area contributed by atoms with Crippen molar-refractivity contribution in [2.75, 3.05) is 0 Å². The summed E-state index contributed by atoms with van der Waals surface area (Å²) in [6.45, 7) is 13.6. The van der Waals surface area contributed by atoms with E-state index in [-0.39, 0.29) is 10.8 Å². The molecule has 4 heteroatoms. The second-order valence-electron chi connectivity index (χ2n) is 17.9. The van der Waals surface area contributed by atoms with E-state index in [0.717, 1.165) is 56.2 Å². The fourth-order valence-electron chi connectivity index (χ4n) is 9.18. The highest BCUT2D eigenvalue weighted by Gasteiger charge is 2.42. The van der Waals surface area contributed by atoms with Crippen LogP contribution in [0.5, 0.6) is 0 Å². The second-order valence-corrected chi connectivity index (χ2v) is 17.9. The molecule has 0 saturated heterocycles. The molecule has 0 spiro atoms. The monoisotopic (exact) mass is 764 g/mol. The minimum Gasteiger partial charge on any atom is -0.294 e. The Balaban J connectivity index is 1.31. The molecule has 0 N–H and O–H groups in total. The Kier molecular flexibility index (Phi) is 8.47. The van der Waals surface area contributed by atoms with Gasteiger partial charge in [0.1, 0.15) is 17.1 Å². The molecule has 0 aliphatic rings. The molecule has 4 nitrogen and oxygen atoms in total. The summed E-state index contributed by atoms with van der Waals surface area (Å²) in [6.07, 6.45) is 0. The number of para-hydroxylation sites is 4. The molecule has 0 radical (unpaired) electrons. The van der Waals surface area contributed by atoms with E-state index in [9.17, 15) is 0 Å². The number of rotatable bonds is 6. The Labute approximate surface area is 346 Å². The number of hydrogen-bond donors (Lipinski definition) is 0. The zero-order valence-electron chi connectivity index (χ0n) is 34.6. The molecule has 0 unspecified atom stereocenters. The van der Waals surface area contributed by atoms with Gasteiger partial charge in [0.15, 0.2) is 0 Å². The molecular weight excluding hydrogens is 717 g/mol. The number of fused-ring (bicyclic) bond motifs is 6. The van der Waals surface area contributed by atoms with Gasteiger partial charge in [-0.3, -0.25) is 9.13 Å². The average Bonchev–Trinajstić information content (AvgIpc) is 3.77. The van der Waals surface area contributed by atoms with Crippen molar-refractivity contribution in [2.45, 2.75) is 57.8 Å². The molecule has 59 heavy (non-hydrogen) atoms. The van der Waals surface area contributed by atoms with E-state index >= 15 is 0 Å². The van der Waals surface area contributed by atoms with Crippen molar-refractivity contribution in [1.29, 1.82) is 0 Å². The van der Waals surface area contributed by atoms with E-state index in [0.29, 0.717) is 0 Å². The lowest BCUT2D eigenvalue weighted by atomic mass is 9.68. The normalized spacial score (nSPS) is 12.6. The molecule has 4 heterocycles. The first-order valence-corrected chi connectivity index (χ1v) is 20.7. The maximum absolute atomic E-state index is 5.77. The standard InChI is InChI=1S/C55H48N4/c1-53(2,3)37-29-33-39(34-30-37)55(40-35-31-38(32-36-40)54(4,5)6,49-25-15-27-51(56-49)58-45-21-11-7-17-41(45)42-18-8-12-22-46(42)58)50-26-16-28-52(57-50)59-47-23-13-9-19-43(47)44-20-10-14-24-48(44)59/h7-36H,1-6H3. The predicted molar refractivity (Wildman–Crippen MR) is 246 cm³/mol. The van der Waals surface area contributed by atoms with Crippen LogP contribution in [0.3, 0.4) is 0 Å². The van der Waals surface area contributed by atoms with E-state index in [4.69, 9.17) is 9.97 Å². The molecule has 10 rings (SSSR count). The van der Waals surface area contributed by atoms with Crippen molar-refractivity contribution in [3.63, 3.8) is 0 Å². The SMILES string of the molecule is CC(C)(C)c1ccc(C(c2ccc(C(C)(C)C)cc2)(c2cccc(-n3c4ccccc4c4ccccc43)n2)c2cccc(-n3c4ccccc4c4ccccc43)n2)cc1. The summed E-state index contributed by atoms with van der Waals surface area (Å²) in [5.41, 5.74) is 10.1. The highest BCUT2D eigenvalue weighted by atomic mass is 15.1. The maximum Gasteiger partial charge on any atom is 0.137 e. The summed E-state index contributed by atoms with van der Waals surface area (Å²) in [5.74, 6) is 1.72. The first-order chi connectivity index (χ1) is 28.5. The quantitative estimate of drug-likeness (QED) is 0.169. The number of nitrogens with zero attached hydrogens (tertiary/aromatic N) is 4. The van der Waals surface area contributed by atoms with Gasteiger partial charge in [0.2, 0.25) is 0 Å². The zero-order valence-corrected chi connectivity index (χ0v) is 34.6. The van der Waals surface area contributed by atoms with Gasteiger partial charge in [0, 0.05) is 21.5 Å². The van der Waals surface area contributed by atoms with E-state index in [2.05, 4.69) is 233 Å². The minimum atomic E-state index is -0.906. The lowest BCUT2D eigenvalue weighted by Crippen LogP contribution is -2.34. The molecule has 0 saturated carbocycles. The number of hydrogen-bond acceptors (Lipinski definition) is 2. The summed E-state index contributed by atoms with van der Waals surface area (Å²) >= 11 is 0. The number of pyridine rings is 2. The predicted octanol–water partition coefficient (Wildman–Crippen LogP) is 13.6. The van der Waals surface area contributed by atoms with Gasteiger partial charge in [0.05, 0.1) is 33.5 Å². The van der Waals surface area contributed by atoms with Crippen molar-refractivity contribution in [2.24, 2.45) is 0 Å². The molecule has 288 valence electrons. The third-order valence-electron chi connectivity index (χ3n) is 12.2. The first kappa shape index (κ1) is 36.6. The third kappa shape index (κ3) is 5.88. The summed E-state index contributed by atoms with van der Waals surface area (Å²) in [7, 11) is 0. The van der Waals surface area contributed by atoms with Crippen LogP contribution in [0.15, 0.2) is 182 Å². The van der Waals surface area contributed by atoms with E-state index in [1.54, 1.807) is 0 Å². The van der Waals surface area contributed by atoms with Crippen LogP contribution in [0.1, 0.15) is 75.2 Å². The highest BCUT2D eigenvalue weighted by molar-refractivity contribution is 6.10. The first-order valence-electron chi connectivity index (χ1n) is 20.7. The minimum absolute atomic E-state index is 0.0149. The number of benzene rings is 6. The summed E-state index contributed by atoms with van der Waals surface area (Å²) in [5, 5.41) is 4.82. The Morgan fingerprint density at radius 1 is 0.305 bits per heavy atom. The van der Waals surface area contributed by atoms with Crippen LogP contribution in [0.4, 0.5) is 0 Å². The molecule has 0 aliphatic carbocycles. The van der Waals surface area contributed by atoms with Crippen molar-refractivity contribution < 1.29 is 0 Å². The van der Waals surface area contributed by atoms with Crippen LogP contribution in [0, 0.1) is 0 Å². The molecule has 6 aromatic carbocycles. The van der Waals surface area contributed by atoms with E-state index in [1.807, 2.05) is 0 Å². The Morgan fingerprint density at radius 2 is 0.593 bits per heavy atom. The fourth-order valence-corrected chi connectivity index (χ4v) is 9.18. The lowest BCUT2D eigenvalue weighted by Gasteiger charge is -2.36. The van der Waals surface area contributed by atoms with Crippen molar-refractivity contribution in [3.05, 3.63) is 216 Å². The van der Waals surface area contributed by atoms with Gasteiger partial charge in [-0.1, -0.05) is 175 Å². The third-order valence-corrected chi connectivity index (χ3v) is 12.2. The van der Waals surface area contributed by atoms with Gasteiger partial charge in [-0.05, 0) is 81.6 Å². The van der Waals surface area contributed by atoms with Crippen molar-refractivity contribution >= 4 is 43.6 Å². The van der Waals surface area contributed by atoms with E-state index < -0.39 is 5.41 Å². The fraction of sp³-hybridized carbons (Fsp3) is 0.164. The van der Waals surface area contributed by atoms with Crippen LogP contribution in [-0.2, 0) is 16.2 Å². The Hall–Kier alpha value is -6.78. The van der Waals surface area contributed by atoms with Crippen LogP contribution in [0.2, 0.25) is 0 Å². The van der Waals surface area contributed by atoms with Crippen molar-refractivity contribution in [1.82, 2.24) is 19.1 Å². The highest BCUT2D eigenvalue weighted by Crippen LogP contribution is 2.46. The van der Waals surface area contributed by atoms with Gasteiger partial charge < -0.3 is 0 Å². The van der Waals surface area contributed by atoms with E-state index in [1.165, 1.54) is 32.7 Å². The van der Waals surface area contributed by atoms with Crippen LogP contribution in [-0.4, -0.2) is 19.1 Å². The molecule has 0 aliphatic heterocycles. The maximum atomic E-state index is 5.77.